The number of nitrogens with zero attached hydrogens (tertiary/aromatic N) is 1. The van der Waals surface area contributed by atoms with Crippen LogP contribution in [0.5, 0.6) is 0 Å². The molecule has 1 N–H and O–H groups in total. The molecule has 0 saturated heterocycles. The molecular formula is C21H15NO2. The van der Waals surface area contributed by atoms with E-state index in [4.69, 9.17) is 5.26 Å². The number of hydrogen-bond acceptors (Lipinski definition) is 2. The molecule has 3 rings (SSSR count). The molecule has 0 aliphatic heterocycles. The van der Waals surface area contributed by atoms with Crippen molar-refractivity contribution in [3.8, 4) is 28.3 Å². The summed E-state index contributed by atoms with van der Waals surface area (Å²) < 4.78 is 0. The predicted molar refractivity (Wildman–Crippen MR) is 93.7 cm³/mol. The molecule has 3 nitrogen and oxygen atoms in total. The highest BCUT2D eigenvalue weighted by Crippen LogP contribution is 2.30. The van der Waals surface area contributed by atoms with Gasteiger partial charge in [0.15, 0.2) is 0 Å². The van der Waals surface area contributed by atoms with E-state index in [2.05, 4.69) is 6.07 Å². The third-order valence-electron chi connectivity index (χ3n) is 3.96. The number of hydrogen-bond donors (Lipinski definition) is 1. The Morgan fingerprint density at radius 1 is 0.875 bits per heavy atom. The van der Waals surface area contributed by atoms with Gasteiger partial charge in [-0.05, 0) is 53.4 Å². The standard InChI is InChI=1S/C21H15NO2/c1-14-2-6-16(7-3-14)18-10-11-19(21(23)24)20(12-18)17-8-4-15(13-22)5-9-17/h2-12H,1H3,(H,23,24). The highest BCUT2D eigenvalue weighted by molar-refractivity contribution is 5.97. The van der Waals surface area contributed by atoms with Gasteiger partial charge in [0.1, 0.15) is 0 Å². The van der Waals surface area contributed by atoms with E-state index in [9.17, 15) is 9.90 Å². The molecule has 3 aromatic carbocycles. The van der Waals surface area contributed by atoms with Crippen LogP contribution in [0.3, 0.4) is 0 Å². The van der Waals surface area contributed by atoms with Crippen LogP contribution in [0.15, 0.2) is 66.7 Å². The Morgan fingerprint density at radius 3 is 2.04 bits per heavy atom. The van der Waals surface area contributed by atoms with E-state index in [-0.39, 0.29) is 5.56 Å². The first-order valence-corrected chi connectivity index (χ1v) is 7.53. The van der Waals surface area contributed by atoms with Crippen molar-refractivity contribution in [2.75, 3.05) is 0 Å². The SMILES string of the molecule is Cc1ccc(-c2ccc(C(=O)O)c(-c3ccc(C#N)cc3)c2)cc1. The summed E-state index contributed by atoms with van der Waals surface area (Å²) in [6, 6.07) is 22.4. The van der Waals surface area contributed by atoms with Gasteiger partial charge in [0.2, 0.25) is 0 Å². The Bertz CT molecular complexity index is 933. The fourth-order valence-corrected chi connectivity index (χ4v) is 2.62. The number of aromatic carboxylic acids is 1. The third-order valence-corrected chi connectivity index (χ3v) is 3.96. The fraction of sp³-hybridized carbons (Fsp3) is 0.0476. The van der Waals surface area contributed by atoms with Gasteiger partial charge in [0.05, 0.1) is 17.2 Å². The molecule has 3 aromatic rings. The van der Waals surface area contributed by atoms with Crippen LogP contribution in [0.1, 0.15) is 21.5 Å². The minimum atomic E-state index is -0.968. The van der Waals surface area contributed by atoms with Gasteiger partial charge in [-0.15, -0.1) is 0 Å². The molecule has 0 atom stereocenters. The number of benzene rings is 3. The molecule has 0 aliphatic carbocycles. The number of rotatable bonds is 3. The first kappa shape index (κ1) is 15.5. The molecular weight excluding hydrogens is 298 g/mol. The maximum atomic E-state index is 11.6. The number of carboxylic acid groups (broad SMARTS) is 1. The minimum Gasteiger partial charge on any atom is -0.478 e. The number of aryl methyl sites for hydroxylation is 1. The van der Waals surface area contributed by atoms with Crippen LogP contribution in [0, 0.1) is 18.3 Å². The van der Waals surface area contributed by atoms with Crippen LogP contribution >= 0.6 is 0 Å². The van der Waals surface area contributed by atoms with Gasteiger partial charge in [-0.1, -0.05) is 48.0 Å². The van der Waals surface area contributed by atoms with E-state index in [1.807, 2.05) is 43.3 Å². The summed E-state index contributed by atoms with van der Waals surface area (Å²) in [6.45, 7) is 2.03. The monoisotopic (exact) mass is 313 g/mol. The van der Waals surface area contributed by atoms with Crippen LogP contribution in [0.4, 0.5) is 0 Å². The van der Waals surface area contributed by atoms with Gasteiger partial charge in [-0.3, -0.25) is 0 Å². The predicted octanol–water partition coefficient (Wildman–Crippen LogP) is 4.90. The smallest absolute Gasteiger partial charge is 0.336 e. The van der Waals surface area contributed by atoms with E-state index in [0.717, 1.165) is 16.7 Å². The molecule has 0 radical (unpaired) electrons. The number of carbonyl (C=O) groups is 1. The van der Waals surface area contributed by atoms with Crippen molar-refractivity contribution in [3.63, 3.8) is 0 Å². The maximum absolute atomic E-state index is 11.6. The second-order valence-corrected chi connectivity index (χ2v) is 5.62. The van der Waals surface area contributed by atoms with Crippen molar-refractivity contribution < 1.29 is 9.90 Å². The van der Waals surface area contributed by atoms with Crippen molar-refractivity contribution in [1.29, 1.82) is 5.26 Å². The lowest BCUT2D eigenvalue weighted by atomic mass is 9.94. The Kier molecular flexibility index (Phi) is 4.13. The van der Waals surface area contributed by atoms with E-state index in [1.165, 1.54) is 5.56 Å². The summed E-state index contributed by atoms with van der Waals surface area (Å²) in [5.74, 6) is -0.968. The zero-order chi connectivity index (χ0) is 17.1. The normalized spacial score (nSPS) is 10.2. The van der Waals surface area contributed by atoms with Crippen LogP contribution < -0.4 is 0 Å². The Balaban J connectivity index is 2.14. The van der Waals surface area contributed by atoms with Crippen molar-refractivity contribution in [2.45, 2.75) is 6.92 Å². The summed E-state index contributed by atoms with van der Waals surface area (Å²) in [5.41, 5.74) is 5.38. The van der Waals surface area contributed by atoms with Gasteiger partial charge in [-0.2, -0.15) is 5.26 Å². The topological polar surface area (TPSA) is 61.1 Å². The van der Waals surface area contributed by atoms with Crippen molar-refractivity contribution in [2.24, 2.45) is 0 Å². The molecule has 3 heteroatoms. The molecule has 0 fully saturated rings. The molecule has 116 valence electrons. The summed E-state index contributed by atoms with van der Waals surface area (Å²) >= 11 is 0. The minimum absolute atomic E-state index is 0.246. The molecule has 0 unspecified atom stereocenters. The molecule has 0 aromatic heterocycles. The van der Waals surface area contributed by atoms with Gasteiger partial charge >= 0.3 is 5.97 Å². The van der Waals surface area contributed by atoms with Crippen molar-refractivity contribution in [1.82, 2.24) is 0 Å². The highest BCUT2D eigenvalue weighted by Gasteiger charge is 2.13. The second-order valence-electron chi connectivity index (χ2n) is 5.62. The first-order valence-electron chi connectivity index (χ1n) is 7.53. The highest BCUT2D eigenvalue weighted by atomic mass is 16.4. The largest absolute Gasteiger partial charge is 0.478 e. The zero-order valence-electron chi connectivity index (χ0n) is 13.2. The van der Waals surface area contributed by atoms with E-state index < -0.39 is 5.97 Å². The summed E-state index contributed by atoms with van der Waals surface area (Å²) in [7, 11) is 0. The fourth-order valence-electron chi connectivity index (χ4n) is 2.62. The lowest BCUT2D eigenvalue weighted by Gasteiger charge is -2.10. The van der Waals surface area contributed by atoms with E-state index in [0.29, 0.717) is 11.1 Å². The molecule has 0 spiro atoms. The molecule has 0 saturated carbocycles. The second kappa shape index (κ2) is 6.39. The van der Waals surface area contributed by atoms with Crippen LogP contribution in [-0.4, -0.2) is 11.1 Å². The van der Waals surface area contributed by atoms with Crippen molar-refractivity contribution >= 4 is 5.97 Å². The Labute approximate surface area is 140 Å². The van der Waals surface area contributed by atoms with Crippen LogP contribution in [0.25, 0.3) is 22.3 Å². The van der Waals surface area contributed by atoms with E-state index in [1.54, 1.807) is 30.3 Å². The number of nitriles is 1. The van der Waals surface area contributed by atoms with Crippen molar-refractivity contribution in [3.05, 3.63) is 83.4 Å². The summed E-state index contributed by atoms with van der Waals surface area (Å²) in [6.07, 6.45) is 0. The van der Waals surface area contributed by atoms with Gasteiger partial charge in [-0.25, -0.2) is 4.79 Å². The molecule has 0 bridgehead atoms. The quantitative estimate of drug-likeness (QED) is 0.748. The average molecular weight is 313 g/mol. The summed E-state index contributed by atoms with van der Waals surface area (Å²) in [5, 5.41) is 18.4. The molecule has 0 heterocycles. The first-order chi connectivity index (χ1) is 11.6. The Hall–Kier alpha value is -3.38. The van der Waals surface area contributed by atoms with E-state index >= 15 is 0 Å². The average Bonchev–Trinajstić information content (AvgIpc) is 2.62. The Morgan fingerprint density at radius 2 is 1.46 bits per heavy atom. The molecule has 24 heavy (non-hydrogen) atoms. The van der Waals surface area contributed by atoms with Gasteiger partial charge in [0.25, 0.3) is 0 Å². The molecule has 0 amide bonds. The molecule has 0 aliphatic rings. The van der Waals surface area contributed by atoms with Crippen LogP contribution in [-0.2, 0) is 0 Å². The lowest BCUT2D eigenvalue weighted by molar-refractivity contribution is 0.0698. The third kappa shape index (κ3) is 3.04. The van der Waals surface area contributed by atoms with Gasteiger partial charge in [0, 0.05) is 0 Å². The zero-order valence-corrected chi connectivity index (χ0v) is 13.2. The van der Waals surface area contributed by atoms with Gasteiger partial charge < -0.3 is 5.11 Å². The van der Waals surface area contributed by atoms with Crippen LogP contribution in [0.2, 0.25) is 0 Å². The summed E-state index contributed by atoms with van der Waals surface area (Å²) in [4.78, 5) is 11.6. The lowest BCUT2D eigenvalue weighted by Crippen LogP contribution is -2.00. The maximum Gasteiger partial charge on any atom is 0.336 e. The number of carboxylic acids is 1.